The van der Waals surface area contributed by atoms with Crippen molar-refractivity contribution in [2.24, 2.45) is 0 Å². The van der Waals surface area contributed by atoms with Crippen molar-refractivity contribution in [1.82, 2.24) is 0 Å². The maximum atomic E-state index is 13.9. The average molecular weight is 367 g/mol. The molecule has 0 fully saturated rings. The van der Waals surface area contributed by atoms with Gasteiger partial charge in [-0.2, -0.15) is 0 Å². The van der Waals surface area contributed by atoms with Crippen LogP contribution in [-0.4, -0.2) is 33.1 Å². The molecule has 0 aliphatic heterocycles. The maximum Gasteiger partial charge on any atom is 0.324 e. The molecule has 0 unspecified atom stereocenters. The predicted octanol–water partition coefficient (Wildman–Crippen LogP) is 2.73. The zero-order valence-corrected chi connectivity index (χ0v) is 14.8. The number of methoxy groups -OCH3 is 1. The molecule has 0 radical (unpaired) electrons. The van der Waals surface area contributed by atoms with Crippen molar-refractivity contribution in [2.75, 3.05) is 18.0 Å². The highest BCUT2D eigenvalue weighted by atomic mass is 32.2. The molecule has 2 aromatic rings. The Morgan fingerprint density at radius 1 is 1.20 bits per heavy atom. The number of ether oxygens (including phenoxy) is 1. The Morgan fingerprint density at radius 2 is 1.80 bits per heavy atom. The molecule has 134 valence electrons. The van der Waals surface area contributed by atoms with Gasteiger partial charge in [-0.3, -0.25) is 9.10 Å². The number of rotatable bonds is 6. The number of para-hydroxylation sites is 1. The molecule has 2 aromatic carbocycles. The number of halogens is 1. The Bertz CT molecular complexity index is 891. The predicted molar refractivity (Wildman–Crippen MR) is 91.0 cm³/mol. The van der Waals surface area contributed by atoms with Crippen LogP contribution in [0.5, 0.6) is 5.75 Å². The Balaban J connectivity index is 2.65. The summed E-state index contributed by atoms with van der Waals surface area (Å²) in [4.78, 5) is 10.9. The van der Waals surface area contributed by atoms with Crippen LogP contribution in [0, 0.1) is 19.7 Å². The van der Waals surface area contributed by atoms with Crippen molar-refractivity contribution in [1.29, 1.82) is 0 Å². The number of carbonyl (C=O) groups is 1. The fourth-order valence-corrected chi connectivity index (χ4v) is 4.10. The van der Waals surface area contributed by atoms with Crippen LogP contribution in [0.2, 0.25) is 0 Å². The highest BCUT2D eigenvalue weighted by Gasteiger charge is 2.30. The lowest BCUT2D eigenvalue weighted by Crippen LogP contribution is -2.36. The van der Waals surface area contributed by atoms with Crippen LogP contribution < -0.4 is 9.04 Å². The fraction of sp³-hybridized carbons (Fsp3) is 0.235. The molecule has 25 heavy (non-hydrogen) atoms. The lowest BCUT2D eigenvalue weighted by atomic mass is 10.1. The molecule has 0 saturated heterocycles. The van der Waals surface area contributed by atoms with Crippen molar-refractivity contribution in [3.63, 3.8) is 0 Å². The average Bonchev–Trinajstić information content (AvgIpc) is 2.53. The summed E-state index contributed by atoms with van der Waals surface area (Å²) in [7, 11) is -3.02. The van der Waals surface area contributed by atoms with Crippen molar-refractivity contribution in [2.45, 2.75) is 18.7 Å². The quantitative estimate of drug-likeness (QED) is 0.849. The molecule has 8 heteroatoms. The van der Waals surface area contributed by atoms with E-state index in [9.17, 15) is 22.7 Å². The number of hydrogen-bond acceptors (Lipinski definition) is 4. The van der Waals surface area contributed by atoms with E-state index < -0.39 is 28.4 Å². The molecular weight excluding hydrogens is 349 g/mol. The Hall–Kier alpha value is -2.61. The summed E-state index contributed by atoms with van der Waals surface area (Å²) in [5.41, 5.74) is 1.46. The maximum absolute atomic E-state index is 13.9. The largest absolute Gasteiger partial charge is 0.494 e. The van der Waals surface area contributed by atoms with Gasteiger partial charge in [-0.25, -0.2) is 12.8 Å². The Morgan fingerprint density at radius 3 is 2.28 bits per heavy atom. The van der Waals surface area contributed by atoms with Crippen LogP contribution in [0.25, 0.3) is 0 Å². The minimum absolute atomic E-state index is 0.101. The Kier molecular flexibility index (Phi) is 5.32. The van der Waals surface area contributed by atoms with E-state index in [2.05, 4.69) is 0 Å². The lowest BCUT2D eigenvalue weighted by Gasteiger charge is -2.26. The lowest BCUT2D eigenvalue weighted by molar-refractivity contribution is -0.135. The van der Waals surface area contributed by atoms with Crippen molar-refractivity contribution >= 4 is 21.7 Å². The van der Waals surface area contributed by atoms with Crippen LogP contribution in [0.1, 0.15) is 11.1 Å². The number of benzene rings is 2. The zero-order chi connectivity index (χ0) is 18.8. The number of aryl methyl sites for hydroxylation is 2. The van der Waals surface area contributed by atoms with E-state index in [1.807, 2.05) is 0 Å². The van der Waals surface area contributed by atoms with Gasteiger partial charge in [0.25, 0.3) is 10.0 Å². The molecule has 0 aliphatic rings. The second-order valence-electron chi connectivity index (χ2n) is 5.44. The second-order valence-corrected chi connectivity index (χ2v) is 7.30. The van der Waals surface area contributed by atoms with Gasteiger partial charge in [0.1, 0.15) is 6.54 Å². The van der Waals surface area contributed by atoms with Gasteiger partial charge in [0.15, 0.2) is 11.6 Å². The molecule has 0 saturated carbocycles. The molecule has 0 aliphatic carbocycles. The number of carboxylic acids is 1. The van der Waals surface area contributed by atoms with Gasteiger partial charge in [0, 0.05) is 0 Å². The number of aliphatic carboxylic acids is 1. The summed E-state index contributed by atoms with van der Waals surface area (Å²) in [6, 6.07) is 8.29. The molecule has 0 aromatic heterocycles. The van der Waals surface area contributed by atoms with Gasteiger partial charge in [-0.15, -0.1) is 0 Å². The molecule has 0 atom stereocenters. The first kappa shape index (κ1) is 18.7. The molecule has 0 spiro atoms. The number of sulfonamides is 1. The SMILES string of the molecule is COc1ccc(S(=O)(=O)N(CC(=O)O)c2c(C)cccc2C)cc1F. The number of hydrogen-bond donors (Lipinski definition) is 1. The van der Waals surface area contributed by atoms with E-state index in [0.717, 1.165) is 10.4 Å². The molecule has 0 bridgehead atoms. The van der Waals surface area contributed by atoms with Gasteiger partial charge in [-0.05, 0) is 43.2 Å². The van der Waals surface area contributed by atoms with Crippen LogP contribution in [0.3, 0.4) is 0 Å². The van der Waals surface area contributed by atoms with Crippen LogP contribution in [0.15, 0.2) is 41.3 Å². The van der Waals surface area contributed by atoms with Gasteiger partial charge in [-0.1, -0.05) is 18.2 Å². The van der Waals surface area contributed by atoms with Gasteiger partial charge < -0.3 is 9.84 Å². The fourth-order valence-electron chi connectivity index (χ4n) is 2.54. The standard InChI is InChI=1S/C17H18FNO5S/c1-11-5-4-6-12(2)17(11)19(10-16(20)21)25(22,23)13-7-8-15(24-3)14(18)9-13/h4-9H,10H2,1-3H3,(H,20,21). The van der Waals surface area contributed by atoms with E-state index in [1.165, 1.54) is 19.2 Å². The number of nitrogens with zero attached hydrogens (tertiary/aromatic N) is 1. The topological polar surface area (TPSA) is 83.9 Å². The zero-order valence-electron chi connectivity index (χ0n) is 14.0. The molecule has 1 N–H and O–H groups in total. The summed E-state index contributed by atoms with van der Waals surface area (Å²) in [5.74, 6) is -2.27. The van der Waals surface area contributed by atoms with Gasteiger partial charge in [0.2, 0.25) is 0 Å². The molecule has 0 amide bonds. The third-order valence-electron chi connectivity index (χ3n) is 3.68. The number of anilines is 1. The summed E-state index contributed by atoms with van der Waals surface area (Å²) < 4.78 is 45.5. The molecule has 2 rings (SSSR count). The monoisotopic (exact) mass is 367 g/mol. The highest BCUT2D eigenvalue weighted by molar-refractivity contribution is 7.92. The molecular formula is C17H18FNO5S. The molecule has 6 nitrogen and oxygen atoms in total. The summed E-state index contributed by atoms with van der Waals surface area (Å²) in [6.07, 6.45) is 0. The normalized spacial score (nSPS) is 11.2. The third-order valence-corrected chi connectivity index (χ3v) is 5.42. The first-order valence-electron chi connectivity index (χ1n) is 7.32. The third kappa shape index (κ3) is 3.74. The first-order chi connectivity index (χ1) is 11.7. The van der Waals surface area contributed by atoms with E-state index in [4.69, 9.17) is 4.74 Å². The number of carboxylic acid groups (broad SMARTS) is 1. The van der Waals surface area contributed by atoms with Crippen LogP contribution >= 0.6 is 0 Å². The molecule has 0 heterocycles. The van der Waals surface area contributed by atoms with Crippen molar-refractivity contribution in [3.05, 3.63) is 53.3 Å². The van der Waals surface area contributed by atoms with Crippen LogP contribution in [-0.2, 0) is 14.8 Å². The van der Waals surface area contributed by atoms with E-state index in [-0.39, 0.29) is 16.3 Å². The summed E-state index contributed by atoms with van der Waals surface area (Å²) in [5, 5.41) is 9.17. The first-order valence-corrected chi connectivity index (χ1v) is 8.76. The van der Waals surface area contributed by atoms with Gasteiger partial charge >= 0.3 is 5.97 Å². The highest BCUT2D eigenvalue weighted by Crippen LogP contribution is 2.31. The van der Waals surface area contributed by atoms with Crippen molar-refractivity contribution in [3.8, 4) is 5.75 Å². The Labute approximate surface area is 145 Å². The second kappa shape index (κ2) is 7.10. The van der Waals surface area contributed by atoms with E-state index in [1.54, 1.807) is 32.0 Å². The van der Waals surface area contributed by atoms with Gasteiger partial charge in [0.05, 0.1) is 17.7 Å². The minimum Gasteiger partial charge on any atom is -0.494 e. The van der Waals surface area contributed by atoms with E-state index in [0.29, 0.717) is 11.1 Å². The van der Waals surface area contributed by atoms with E-state index >= 15 is 0 Å². The summed E-state index contributed by atoms with van der Waals surface area (Å²) >= 11 is 0. The summed E-state index contributed by atoms with van der Waals surface area (Å²) in [6.45, 7) is 2.59. The van der Waals surface area contributed by atoms with Crippen molar-refractivity contribution < 1.29 is 27.4 Å². The minimum atomic E-state index is -4.28. The smallest absolute Gasteiger partial charge is 0.324 e. The van der Waals surface area contributed by atoms with Crippen LogP contribution in [0.4, 0.5) is 10.1 Å².